The molecule has 0 aliphatic carbocycles. The van der Waals surface area contributed by atoms with Gasteiger partial charge in [0, 0.05) is 17.8 Å². The number of amides is 1. The number of nitrogens with zero attached hydrogens (tertiary/aromatic N) is 1. The van der Waals surface area contributed by atoms with Crippen molar-refractivity contribution in [1.29, 1.82) is 0 Å². The number of alkyl halides is 1. The van der Waals surface area contributed by atoms with Gasteiger partial charge in [-0.2, -0.15) is 0 Å². The predicted octanol–water partition coefficient (Wildman–Crippen LogP) is 2.07. The Morgan fingerprint density at radius 3 is 2.63 bits per heavy atom. The number of likely N-dealkylation sites (tertiary alicyclic amines) is 1. The minimum atomic E-state index is -0.925. The van der Waals surface area contributed by atoms with Crippen molar-refractivity contribution in [3.8, 4) is 0 Å². The van der Waals surface area contributed by atoms with Crippen LogP contribution in [0.25, 0.3) is 0 Å². The maximum atomic E-state index is 11.8. The molecular weight excluding hydrogens is 310 g/mol. The molecule has 1 aliphatic rings. The largest absolute Gasteiger partial charge is 0.480 e. The third-order valence-corrected chi connectivity index (χ3v) is 3.94. The lowest BCUT2D eigenvalue weighted by Gasteiger charge is -2.24. The second-order valence-corrected chi connectivity index (χ2v) is 6.02. The molecule has 1 aromatic rings. The average Bonchev–Trinajstić information content (AvgIpc) is 2.70. The van der Waals surface area contributed by atoms with E-state index >= 15 is 0 Å². The first-order chi connectivity index (χ1) is 9.08. The van der Waals surface area contributed by atoms with Crippen LogP contribution in [-0.4, -0.2) is 39.3 Å². The zero-order valence-corrected chi connectivity index (χ0v) is 12.0. The number of hydrogen-bond acceptors (Lipinski definition) is 2. The van der Waals surface area contributed by atoms with Crippen LogP contribution in [0.3, 0.4) is 0 Å². The molecule has 2 atom stereocenters. The molecule has 2 rings (SSSR count). The van der Waals surface area contributed by atoms with Gasteiger partial charge < -0.3 is 10.0 Å². The number of carboxylic acid groups (broad SMARTS) is 1. The Bertz CT molecular complexity index is 463. The monoisotopic (exact) mass is 325 g/mol. The summed E-state index contributed by atoms with van der Waals surface area (Å²) in [4.78, 5) is 24.7. The summed E-state index contributed by atoms with van der Waals surface area (Å²) >= 11 is 3.38. The summed E-state index contributed by atoms with van der Waals surface area (Å²) in [5.74, 6) is -1.01. The minimum absolute atomic E-state index is 0.0681. The molecule has 1 fully saturated rings. The number of aliphatic carboxylic acids is 1. The van der Waals surface area contributed by atoms with E-state index in [1.165, 1.54) is 4.90 Å². The van der Waals surface area contributed by atoms with E-state index in [2.05, 4.69) is 15.9 Å². The fourth-order valence-electron chi connectivity index (χ4n) is 2.35. The summed E-state index contributed by atoms with van der Waals surface area (Å²) in [7, 11) is 0. The van der Waals surface area contributed by atoms with Gasteiger partial charge >= 0.3 is 5.97 Å². The Hall–Kier alpha value is -1.36. The molecule has 0 bridgehead atoms. The number of carbonyl (C=O) groups is 2. The Labute approximate surface area is 120 Å². The maximum Gasteiger partial charge on any atom is 0.326 e. The zero-order chi connectivity index (χ0) is 13.8. The lowest BCUT2D eigenvalue weighted by molar-refractivity contribution is -0.148. The van der Waals surface area contributed by atoms with E-state index in [0.717, 1.165) is 5.56 Å². The van der Waals surface area contributed by atoms with Gasteiger partial charge in [-0.25, -0.2) is 4.79 Å². The number of rotatable bonds is 5. The van der Waals surface area contributed by atoms with Crippen LogP contribution in [0.1, 0.15) is 18.4 Å². The molecular formula is C14H16BrNO3. The number of halogens is 1. The van der Waals surface area contributed by atoms with Gasteiger partial charge in [0.1, 0.15) is 6.04 Å². The first-order valence-electron chi connectivity index (χ1n) is 6.28. The van der Waals surface area contributed by atoms with Crippen molar-refractivity contribution in [2.75, 3.05) is 6.54 Å². The molecule has 1 N–H and O–H groups in total. The highest BCUT2D eigenvalue weighted by atomic mass is 79.9. The molecule has 1 unspecified atom stereocenters. The number of carbonyl (C=O) groups excluding carboxylic acids is 1. The first kappa shape index (κ1) is 14.1. The van der Waals surface area contributed by atoms with Gasteiger partial charge in [-0.15, -0.1) is 0 Å². The van der Waals surface area contributed by atoms with Gasteiger partial charge in [-0.05, 0) is 18.4 Å². The van der Waals surface area contributed by atoms with E-state index in [1.54, 1.807) is 0 Å². The lowest BCUT2D eigenvalue weighted by Crippen LogP contribution is -2.42. The zero-order valence-electron chi connectivity index (χ0n) is 10.5. The lowest BCUT2D eigenvalue weighted by atomic mass is 10.0. The second-order valence-electron chi connectivity index (χ2n) is 4.73. The SMILES string of the molecule is O=C(O)[C@H](CCc1ccccc1)N1CC(Br)CC1=O. The van der Waals surface area contributed by atoms with Crippen LogP contribution in [0.5, 0.6) is 0 Å². The van der Waals surface area contributed by atoms with Crippen LogP contribution in [0, 0.1) is 0 Å². The van der Waals surface area contributed by atoms with Crippen LogP contribution >= 0.6 is 15.9 Å². The van der Waals surface area contributed by atoms with E-state index in [0.29, 0.717) is 25.8 Å². The molecule has 0 spiro atoms. The van der Waals surface area contributed by atoms with Crippen LogP contribution < -0.4 is 0 Å². The van der Waals surface area contributed by atoms with Crippen LogP contribution in [-0.2, 0) is 16.0 Å². The smallest absolute Gasteiger partial charge is 0.326 e. The van der Waals surface area contributed by atoms with Crippen molar-refractivity contribution in [1.82, 2.24) is 4.90 Å². The predicted molar refractivity (Wildman–Crippen MR) is 75.2 cm³/mol. The molecule has 1 amide bonds. The van der Waals surface area contributed by atoms with Gasteiger partial charge in [0.2, 0.25) is 5.91 Å². The van der Waals surface area contributed by atoms with Crippen molar-refractivity contribution in [3.63, 3.8) is 0 Å². The Balaban J connectivity index is 2.01. The third-order valence-electron chi connectivity index (χ3n) is 3.32. The van der Waals surface area contributed by atoms with Gasteiger partial charge in [-0.3, -0.25) is 4.79 Å². The molecule has 102 valence electrons. The average molecular weight is 326 g/mol. The molecule has 1 saturated heterocycles. The van der Waals surface area contributed by atoms with E-state index in [1.807, 2.05) is 30.3 Å². The molecule has 0 saturated carbocycles. The summed E-state index contributed by atoms with van der Waals surface area (Å²) in [6.07, 6.45) is 1.49. The summed E-state index contributed by atoms with van der Waals surface area (Å²) in [5.41, 5.74) is 1.09. The van der Waals surface area contributed by atoms with Crippen molar-refractivity contribution in [2.45, 2.75) is 30.1 Å². The standard InChI is InChI=1S/C14H16BrNO3/c15-11-8-13(17)16(9-11)12(14(18)19)7-6-10-4-2-1-3-5-10/h1-5,11-12H,6-9H2,(H,18,19)/t11?,12-/m0/s1. The van der Waals surface area contributed by atoms with Crippen LogP contribution in [0.15, 0.2) is 30.3 Å². The number of benzene rings is 1. The molecule has 0 radical (unpaired) electrons. The quantitative estimate of drug-likeness (QED) is 0.843. The van der Waals surface area contributed by atoms with Crippen molar-refractivity contribution in [2.24, 2.45) is 0 Å². The normalized spacial score (nSPS) is 20.6. The van der Waals surface area contributed by atoms with Gasteiger partial charge in [0.25, 0.3) is 0 Å². The highest BCUT2D eigenvalue weighted by molar-refractivity contribution is 9.09. The number of carboxylic acids is 1. The highest BCUT2D eigenvalue weighted by Gasteiger charge is 2.36. The molecule has 0 aromatic heterocycles. The molecule has 5 heteroatoms. The van der Waals surface area contributed by atoms with Gasteiger partial charge in [0.05, 0.1) is 0 Å². The fourth-order valence-corrected chi connectivity index (χ4v) is 2.94. The summed E-state index contributed by atoms with van der Waals surface area (Å²) in [5, 5.41) is 9.31. The highest BCUT2D eigenvalue weighted by Crippen LogP contribution is 2.22. The van der Waals surface area contributed by atoms with Crippen LogP contribution in [0.4, 0.5) is 0 Å². The third kappa shape index (κ3) is 3.56. The first-order valence-corrected chi connectivity index (χ1v) is 7.19. The minimum Gasteiger partial charge on any atom is -0.480 e. The molecule has 1 aromatic carbocycles. The van der Waals surface area contributed by atoms with Crippen molar-refractivity contribution >= 4 is 27.8 Å². The number of aryl methyl sites for hydroxylation is 1. The fraction of sp³-hybridized carbons (Fsp3) is 0.429. The Morgan fingerprint density at radius 1 is 1.42 bits per heavy atom. The van der Waals surface area contributed by atoms with Crippen molar-refractivity contribution in [3.05, 3.63) is 35.9 Å². The Morgan fingerprint density at radius 2 is 2.11 bits per heavy atom. The van der Waals surface area contributed by atoms with E-state index < -0.39 is 12.0 Å². The second kappa shape index (κ2) is 6.19. The molecule has 1 heterocycles. The Kier molecular flexibility index (Phi) is 4.58. The van der Waals surface area contributed by atoms with E-state index in [4.69, 9.17) is 0 Å². The van der Waals surface area contributed by atoms with E-state index in [9.17, 15) is 14.7 Å². The number of hydrogen-bond donors (Lipinski definition) is 1. The van der Waals surface area contributed by atoms with Crippen LogP contribution in [0.2, 0.25) is 0 Å². The van der Waals surface area contributed by atoms with Crippen molar-refractivity contribution < 1.29 is 14.7 Å². The summed E-state index contributed by atoms with van der Waals surface area (Å²) in [6, 6.07) is 9.00. The maximum absolute atomic E-state index is 11.8. The van der Waals surface area contributed by atoms with E-state index in [-0.39, 0.29) is 10.7 Å². The molecule has 4 nitrogen and oxygen atoms in total. The van der Waals surface area contributed by atoms with Gasteiger partial charge in [-0.1, -0.05) is 46.3 Å². The summed E-state index contributed by atoms with van der Waals surface area (Å²) < 4.78 is 0. The molecule has 1 aliphatic heterocycles. The van der Waals surface area contributed by atoms with Gasteiger partial charge in [0.15, 0.2) is 0 Å². The molecule has 19 heavy (non-hydrogen) atoms. The summed E-state index contributed by atoms with van der Waals surface area (Å²) in [6.45, 7) is 0.477. The topological polar surface area (TPSA) is 57.6 Å².